The molecule has 1 aliphatic heterocycles. The number of likely N-dealkylation sites (tertiary alicyclic amines) is 1. The molecule has 25 heavy (non-hydrogen) atoms. The molecule has 0 spiro atoms. The van der Waals surface area contributed by atoms with Gasteiger partial charge in [0.1, 0.15) is 18.2 Å². The summed E-state index contributed by atoms with van der Waals surface area (Å²) in [5, 5.41) is 11.9. The van der Waals surface area contributed by atoms with Crippen molar-refractivity contribution in [3.8, 4) is 5.75 Å². The van der Waals surface area contributed by atoms with Crippen LogP contribution in [0.15, 0.2) is 24.3 Å². The Kier molecular flexibility index (Phi) is 5.11. The van der Waals surface area contributed by atoms with Crippen LogP contribution in [-0.4, -0.2) is 64.3 Å². The first-order valence-electron chi connectivity index (χ1n) is 8.23. The van der Waals surface area contributed by atoms with Gasteiger partial charge in [-0.2, -0.15) is 0 Å². The van der Waals surface area contributed by atoms with Crippen molar-refractivity contribution < 1.29 is 13.9 Å². The van der Waals surface area contributed by atoms with Crippen molar-refractivity contribution in [1.82, 2.24) is 25.1 Å². The zero-order valence-corrected chi connectivity index (χ0v) is 14.3. The lowest BCUT2D eigenvalue weighted by Gasteiger charge is -2.20. The first kappa shape index (κ1) is 17.1. The van der Waals surface area contributed by atoms with E-state index in [1.165, 1.54) is 12.1 Å². The van der Waals surface area contributed by atoms with Crippen LogP contribution >= 0.6 is 0 Å². The number of carbonyl (C=O) groups excluding carboxylic acids is 1. The summed E-state index contributed by atoms with van der Waals surface area (Å²) in [7, 11) is 1.87. The van der Waals surface area contributed by atoms with Crippen LogP contribution in [0, 0.1) is 5.82 Å². The van der Waals surface area contributed by atoms with E-state index in [-0.39, 0.29) is 17.8 Å². The summed E-state index contributed by atoms with van der Waals surface area (Å²) in [5.74, 6) is 1.03. The molecule has 1 aromatic heterocycles. The van der Waals surface area contributed by atoms with E-state index in [0.717, 1.165) is 0 Å². The Bertz CT molecular complexity index is 720. The smallest absolute Gasteiger partial charge is 0.245 e. The summed E-state index contributed by atoms with van der Waals surface area (Å²) in [6.45, 7) is 4.22. The first-order valence-corrected chi connectivity index (χ1v) is 8.23. The maximum absolute atomic E-state index is 12.9. The molecule has 8 nitrogen and oxygen atoms in total. The van der Waals surface area contributed by atoms with E-state index >= 15 is 0 Å². The molecule has 2 aromatic rings. The van der Waals surface area contributed by atoms with Crippen molar-refractivity contribution in [2.24, 2.45) is 0 Å². The molecule has 1 saturated heterocycles. The molecule has 0 bridgehead atoms. The lowest BCUT2D eigenvalue weighted by Crippen LogP contribution is -2.29. The second-order valence-electron chi connectivity index (χ2n) is 5.94. The van der Waals surface area contributed by atoms with Crippen molar-refractivity contribution >= 4 is 11.9 Å². The molecule has 9 heteroatoms. The number of ether oxygens (including phenoxy) is 1. The molecule has 1 fully saturated rings. The highest BCUT2D eigenvalue weighted by molar-refractivity contribution is 5.78. The van der Waals surface area contributed by atoms with Gasteiger partial charge in [0.25, 0.3) is 0 Å². The van der Waals surface area contributed by atoms with E-state index in [9.17, 15) is 9.18 Å². The number of tetrazole rings is 1. The largest absolute Gasteiger partial charge is 0.492 e. The minimum atomic E-state index is -0.295. The number of likely N-dealkylation sites (N-methyl/N-ethyl adjacent to an activating group) is 2. The summed E-state index contributed by atoms with van der Waals surface area (Å²) < 4.78 is 20.2. The van der Waals surface area contributed by atoms with E-state index in [2.05, 4.69) is 15.5 Å². The number of hydrogen-bond acceptors (Lipinski definition) is 6. The van der Waals surface area contributed by atoms with Crippen LogP contribution in [0.1, 0.15) is 19.4 Å². The fraction of sp³-hybridized carbons (Fsp3) is 0.500. The zero-order chi connectivity index (χ0) is 17.8. The summed E-state index contributed by atoms with van der Waals surface area (Å²) in [6, 6.07) is 5.83. The van der Waals surface area contributed by atoms with Gasteiger partial charge in [0.15, 0.2) is 0 Å². The molecule has 1 aromatic carbocycles. The second kappa shape index (κ2) is 7.45. The highest BCUT2D eigenvalue weighted by Gasteiger charge is 2.32. The molecule has 1 atom stereocenters. The lowest BCUT2D eigenvalue weighted by molar-refractivity contribution is -0.127. The second-order valence-corrected chi connectivity index (χ2v) is 5.94. The number of carbonyl (C=O) groups is 1. The van der Waals surface area contributed by atoms with Gasteiger partial charge in [0, 0.05) is 20.1 Å². The van der Waals surface area contributed by atoms with E-state index < -0.39 is 0 Å². The van der Waals surface area contributed by atoms with Crippen LogP contribution in [0.25, 0.3) is 0 Å². The van der Waals surface area contributed by atoms with Crippen molar-refractivity contribution in [2.75, 3.05) is 38.2 Å². The van der Waals surface area contributed by atoms with Gasteiger partial charge in [-0.1, -0.05) is 5.10 Å². The third kappa shape index (κ3) is 3.86. The highest BCUT2D eigenvalue weighted by atomic mass is 19.1. The van der Waals surface area contributed by atoms with Crippen LogP contribution in [0.2, 0.25) is 0 Å². The quantitative estimate of drug-likeness (QED) is 0.746. The normalized spacial score (nSPS) is 17.2. The molecule has 0 N–H and O–H groups in total. The van der Waals surface area contributed by atoms with Gasteiger partial charge < -0.3 is 14.5 Å². The Balaban J connectivity index is 1.58. The van der Waals surface area contributed by atoms with E-state index in [1.54, 1.807) is 21.7 Å². The van der Waals surface area contributed by atoms with Crippen molar-refractivity contribution in [1.29, 1.82) is 0 Å². The molecular weight excluding hydrogens is 327 g/mol. The number of hydrogen-bond donors (Lipinski definition) is 0. The molecule has 134 valence electrons. The number of rotatable bonds is 7. The molecule has 2 heterocycles. The molecule has 1 aliphatic rings. The summed E-state index contributed by atoms with van der Waals surface area (Å²) >= 11 is 0. The third-order valence-corrected chi connectivity index (χ3v) is 4.25. The first-order chi connectivity index (χ1) is 12.1. The number of benzene rings is 1. The highest BCUT2D eigenvalue weighted by Crippen LogP contribution is 2.24. The number of anilines is 1. The van der Waals surface area contributed by atoms with E-state index in [0.29, 0.717) is 44.4 Å². The van der Waals surface area contributed by atoms with Gasteiger partial charge in [-0.15, -0.1) is 0 Å². The summed E-state index contributed by atoms with van der Waals surface area (Å²) in [5.41, 5.74) is 0. The zero-order valence-electron chi connectivity index (χ0n) is 14.3. The van der Waals surface area contributed by atoms with Crippen LogP contribution in [0.4, 0.5) is 10.3 Å². The Morgan fingerprint density at radius 3 is 2.80 bits per heavy atom. The number of amides is 1. The predicted octanol–water partition coefficient (Wildman–Crippen LogP) is 1.12. The van der Waals surface area contributed by atoms with Crippen molar-refractivity contribution in [3.63, 3.8) is 0 Å². The van der Waals surface area contributed by atoms with Crippen molar-refractivity contribution in [2.45, 2.75) is 19.4 Å². The maximum Gasteiger partial charge on any atom is 0.245 e. The van der Waals surface area contributed by atoms with Gasteiger partial charge in [-0.3, -0.25) is 4.79 Å². The van der Waals surface area contributed by atoms with Gasteiger partial charge >= 0.3 is 0 Å². The Hall–Kier alpha value is -2.71. The number of aromatic nitrogens is 4. The van der Waals surface area contributed by atoms with Crippen LogP contribution in [0.5, 0.6) is 5.75 Å². The topological polar surface area (TPSA) is 76.4 Å². The molecule has 0 radical (unpaired) electrons. The fourth-order valence-electron chi connectivity index (χ4n) is 2.83. The molecule has 3 rings (SSSR count). The molecule has 1 unspecified atom stereocenters. The average Bonchev–Trinajstić information content (AvgIpc) is 3.22. The minimum Gasteiger partial charge on any atom is -0.492 e. The molecule has 0 aliphatic carbocycles. The summed E-state index contributed by atoms with van der Waals surface area (Å²) in [6.07, 6.45) is 0.409. The number of halogens is 1. The van der Waals surface area contributed by atoms with Gasteiger partial charge in [-0.05, 0) is 41.6 Å². The molecular formula is C16H21FN6O2. The van der Waals surface area contributed by atoms with Gasteiger partial charge in [0.2, 0.25) is 11.9 Å². The van der Waals surface area contributed by atoms with Crippen LogP contribution < -0.4 is 9.64 Å². The van der Waals surface area contributed by atoms with Crippen molar-refractivity contribution in [3.05, 3.63) is 30.1 Å². The monoisotopic (exact) mass is 348 g/mol. The predicted molar refractivity (Wildman–Crippen MR) is 88.9 cm³/mol. The standard InChI is InChI=1S/C16H21FN6O2/c1-3-22-11-13(10-15(22)24)23-16(18-19-20-23)21(2)8-9-25-14-6-4-12(17)5-7-14/h4-7,13H,3,8-11H2,1-2H3. The average molecular weight is 348 g/mol. The lowest BCUT2D eigenvalue weighted by atomic mass is 10.3. The van der Waals surface area contributed by atoms with E-state index in [1.807, 2.05) is 18.9 Å². The SMILES string of the molecule is CCN1CC(n2nnnc2N(C)CCOc2ccc(F)cc2)CC1=O. The molecule has 0 saturated carbocycles. The summed E-state index contributed by atoms with van der Waals surface area (Å²) in [4.78, 5) is 15.6. The van der Waals surface area contributed by atoms with Gasteiger partial charge in [-0.25, -0.2) is 9.07 Å². The Labute approximate surface area is 145 Å². The fourth-order valence-corrected chi connectivity index (χ4v) is 2.83. The molecule has 1 amide bonds. The van der Waals surface area contributed by atoms with Crippen LogP contribution in [-0.2, 0) is 4.79 Å². The third-order valence-electron chi connectivity index (χ3n) is 4.25. The minimum absolute atomic E-state index is 0.0575. The maximum atomic E-state index is 12.9. The Morgan fingerprint density at radius 1 is 1.36 bits per heavy atom. The number of nitrogens with zero attached hydrogens (tertiary/aromatic N) is 6. The van der Waals surface area contributed by atoms with Crippen LogP contribution in [0.3, 0.4) is 0 Å². The van der Waals surface area contributed by atoms with E-state index in [4.69, 9.17) is 4.74 Å². The Morgan fingerprint density at radius 2 is 2.12 bits per heavy atom. The van der Waals surface area contributed by atoms with Gasteiger partial charge in [0.05, 0.1) is 19.0 Å².